The zero-order valence-electron chi connectivity index (χ0n) is 8.85. The van der Waals surface area contributed by atoms with Gasteiger partial charge in [-0.3, -0.25) is 0 Å². The summed E-state index contributed by atoms with van der Waals surface area (Å²) < 4.78 is 0. The lowest BCUT2D eigenvalue weighted by Crippen LogP contribution is -2.11. The standard InChI is InChI=1S/C11H18N2O/c1-9(2)8-10(14)4-5-11-12-6-3-7-13-11/h3,6-7,9-10,14H,4-5,8H2,1-2H3. The molecule has 3 nitrogen and oxygen atoms in total. The molecule has 1 unspecified atom stereocenters. The molecule has 1 atom stereocenters. The topological polar surface area (TPSA) is 46.0 Å². The van der Waals surface area contributed by atoms with Gasteiger partial charge >= 0.3 is 0 Å². The van der Waals surface area contributed by atoms with Crippen molar-refractivity contribution in [3.63, 3.8) is 0 Å². The van der Waals surface area contributed by atoms with Gasteiger partial charge in [-0.25, -0.2) is 9.97 Å². The number of aromatic nitrogens is 2. The van der Waals surface area contributed by atoms with Crippen LogP contribution in [0.3, 0.4) is 0 Å². The first-order valence-corrected chi connectivity index (χ1v) is 5.12. The highest BCUT2D eigenvalue weighted by Gasteiger charge is 2.07. The third-order valence-electron chi connectivity index (χ3n) is 2.06. The molecule has 0 fully saturated rings. The van der Waals surface area contributed by atoms with E-state index in [-0.39, 0.29) is 6.10 Å². The van der Waals surface area contributed by atoms with Gasteiger partial charge in [0.2, 0.25) is 0 Å². The van der Waals surface area contributed by atoms with E-state index in [0.717, 1.165) is 25.1 Å². The van der Waals surface area contributed by atoms with Crippen LogP contribution in [0.5, 0.6) is 0 Å². The molecule has 0 bridgehead atoms. The van der Waals surface area contributed by atoms with Crippen molar-refractivity contribution in [2.75, 3.05) is 0 Å². The van der Waals surface area contributed by atoms with E-state index in [2.05, 4.69) is 23.8 Å². The van der Waals surface area contributed by atoms with Gasteiger partial charge in [-0.15, -0.1) is 0 Å². The van der Waals surface area contributed by atoms with Crippen molar-refractivity contribution in [1.82, 2.24) is 9.97 Å². The summed E-state index contributed by atoms with van der Waals surface area (Å²) >= 11 is 0. The molecular formula is C11H18N2O. The van der Waals surface area contributed by atoms with Crippen LogP contribution in [-0.4, -0.2) is 21.2 Å². The Morgan fingerprint density at radius 1 is 1.29 bits per heavy atom. The lowest BCUT2D eigenvalue weighted by molar-refractivity contribution is 0.139. The molecule has 0 radical (unpaired) electrons. The van der Waals surface area contributed by atoms with Crippen LogP contribution in [0.4, 0.5) is 0 Å². The Balaban J connectivity index is 2.27. The fourth-order valence-corrected chi connectivity index (χ4v) is 1.42. The maximum absolute atomic E-state index is 9.63. The number of aliphatic hydroxyl groups is 1. The first-order valence-electron chi connectivity index (χ1n) is 5.12. The van der Waals surface area contributed by atoms with Crippen molar-refractivity contribution in [3.05, 3.63) is 24.3 Å². The molecule has 1 aromatic rings. The second-order valence-electron chi connectivity index (χ2n) is 3.99. The quantitative estimate of drug-likeness (QED) is 0.777. The maximum Gasteiger partial charge on any atom is 0.128 e. The van der Waals surface area contributed by atoms with Crippen molar-refractivity contribution < 1.29 is 5.11 Å². The van der Waals surface area contributed by atoms with Crippen LogP contribution < -0.4 is 0 Å². The molecule has 3 heteroatoms. The molecule has 0 saturated heterocycles. The van der Waals surface area contributed by atoms with Crippen LogP contribution in [0.25, 0.3) is 0 Å². The Bertz CT molecular complexity index is 249. The number of hydrogen-bond donors (Lipinski definition) is 1. The molecule has 0 aromatic carbocycles. The van der Waals surface area contributed by atoms with Gasteiger partial charge in [-0.2, -0.15) is 0 Å². The molecule has 0 aliphatic carbocycles. The highest BCUT2D eigenvalue weighted by atomic mass is 16.3. The highest BCUT2D eigenvalue weighted by molar-refractivity contribution is 4.88. The maximum atomic E-state index is 9.63. The first-order chi connectivity index (χ1) is 6.68. The van der Waals surface area contributed by atoms with Crippen molar-refractivity contribution in [2.45, 2.75) is 39.2 Å². The SMILES string of the molecule is CC(C)CC(O)CCc1ncccn1. The predicted octanol–water partition coefficient (Wildman–Crippen LogP) is 1.82. The van der Waals surface area contributed by atoms with E-state index in [1.54, 1.807) is 18.5 Å². The molecular weight excluding hydrogens is 176 g/mol. The molecule has 1 heterocycles. The Kier molecular flexibility index (Phi) is 4.53. The summed E-state index contributed by atoms with van der Waals surface area (Å²) in [5.41, 5.74) is 0. The van der Waals surface area contributed by atoms with Crippen molar-refractivity contribution in [1.29, 1.82) is 0 Å². The van der Waals surface area contributed by atoms with Gasteiger partial charge in [0.1, 0.15) is 5.82 Å². The smallest absolute Gasteiger partial charge is 0.128 e. The lowest BCUT2D eigenvalue weighted by atomic mass is 10.0. The Hall–Kier alpha value is -0.960. The molecule has 0 aliphatic rings. The van der Waals surface area contributed by atoms with Gasteiger partial charge in [-0.1, -0.05) is 13.8 Å². The highest BCUT2D eigenvalue weighted by Crippen LogP contribution is 2.09. The second kappa shape index (κ2) is 5.70. The summed E-state index contributed by atoms with van der Waals surface area (Å²) in [4.78, 5) is 8.22. The largest absolute Gasteiger partial charge is 0.393 e. The number of aryl methyl sites for hydroxylation is 1. The summed E-state index contributed by atoms with van der Waals surface area (Å²) in [5, 5.41) is 9.63. The van der Waals surface area contributed by atoms with E-state index < -0.39 is 0 Å². The van der Waals surface area contributed by atoms with Gasteiger partial charge in [0.05, 0.1) is 6.10 Å². The second-order valence-corrected chi connectivity index (χ2v) is 3.99. The van der Waals surface area contributed by atoms with Crippen molar-refractivity contribution in [2.24, 2.45) is 5.92 Å². The van der Waals surface area contributed by atoms with E-state index in [1.165, 1.54) is 0 Å². The molecule has 1 N–H and O–H groups in total. The fraction of sp³-hybridized carbons (Fsp3) is 0.636. The molecule has 1 rings (SSSR count). The lowest BCUT2D eigenvalue weighted by Gasteiger charge is -2.11. The number of rotatable bonds is 5. The van der Waals surface area contributed by atoms with Gasteiger partial charge in [0.15, 0.2) is 0 Å². The molecule has 1 aromatic heterocycles. The van der Waals surface area contributed by atoms with E-state index in [9.17, 15) is 5.11 Å². The van der Waals surface area contributed by atoms with Crippen molar-refractivity contribution >= 4 is 0 Å². The van der Waals surface area contributed by atoms with Crippen molar-refractivity contribution in [3.8, 4) is 0 Å². The summed E-state index contributed by atoms with van der Waals surface area (Å²) in [5.74, 6) is 1.36. The first kappa shape index (κ1) is 11.1. The van der Waals surface area contributed by atoms with Crippen LogP contribution in [0.15, 0.2) is 18.5 Å². The average Bonchev–Trinajstić information content (AvgIpc) is 2.15. The number of aliphatic hydroxyl groups excluding tert-OH is 1. The summed E-state index contributed by atoms with van der Waals surface area (Å²) in [7, 11) is 0. The van der Waals surface area contributed by atoms with Crippen LogP contribution >= 0.6 is 0 Å². The number of nitrogens with zero attached hydrogens (tertiary/aromatic N) is 2. The van der Waals surface area contributed by atoms with Gasteiger partial charge in [-0.05, 0) is 24.8 Å². The fourth-order valence-electron chi connectivity index (χ4n) is 1.42. The molecule has 14 heavy (non-hydrogen) atoms. The molecule has 0 spiro atoms. The normalized spacial score (nSPS) is 13.1. The minimum Gasteiger partial charge on any atom is -0.393 e. The Morgan fingerprint density at radius 2 is 1.93 bits per heavy atom. The minimum absolute atomic E-state index is 0.223. The van der Waals surface area contributed by atoms with Gasteiger partial charge in [0, 0.05) is 18.8 Å². The zero-order valence-corrected chi connectivity index (χ0v) is 8.85. The van der Waals surface area contributed by atoms with E-state index in [0.29, 0.717) is 5.92 Å². The monoisotopic (exact) mass is 194 g/mol. The van der Waals surface area contributed by atoms with Gasteiger partial charge in [0.25, 0.3) is 0 Å². The number of hydrogen-bond acceptors (Lipinski definition) is 3. The third-order valence-corrected chi connectivity index (χ3v) is 2.06. The average molecular weight is 194 g/mol. The van der Waals surface area contributed by atoms with Gasteiger partial charge < -0.3 is 5.11 Å². The van der Waals surface area contributed by atoms with Crippen LogP contribution in [0.2, 0.25) is 0 Å². The van der Waals surface area contributed by atoms with Crippen LogP contribution in [-0.2, 0) is 6.42 Å². The van der Waals surface area contributed by atoms with E-state index >= 15 is 0 Å². The minimum atomic E-state index is -0.223. The Labute approximate surface area is 85.2 Å². The Morgan fingerprint density at radius 3 is 2.50 bits per heavy atom. The predicted molar refractivity (Wildman–Crippen MR) is 55.8 cm³/mol. The molecule has 0 amide bonds. The van der Waals surface area contributed by atoms with E-state index in [1.807, 2.05) is 0 Å². The molecule has 0 aliphatic heterocycles. The van der Waals surface area contributed by atoms with E-state index in [4.69, 9.17) is 0 Å². The summed E-state index contributed by atoms with van der Waals surface area (Å²) in [6.07, 6.45) is 5.61. The summed E-state index contributed by atoms with van der Waals surface area (Å²) in [6, 6.07) is 1.80. The van der Waals surface area contributed by atoms with Crippen LogP contribution in [0, 0.1) is 5.92 Å². The summed E-state index contributed by atoms with van der Waals surface area (Å²) in [6.45, 7) is 4.23. The zero-order chi connectivity index (χ0) is 10.4. The molecule has 78 valence electrons. The molecule has 0 saturated carbocycles. The third kappa shape index (κ3) is 4.33. The van der Waals surface area contributed by atoms with Crippen LogP contribution in [0.1, 0.15) is 32.5 Å².